The summed E-state index contributed by atoms with van der Waals surface area (Å²) < 4.78 is 0. The molecule has 0 amide bonds. The van der Waals surface area contributed by atoms with Gasteiger partial charge < -0.3 is 10.4 Å². The number of rotatable bonds is 2. The number of hydrogen-bond acceptors (Lipinski definition) is 4. The van der Waals surface area contributed by atoms with Gasteiger partial charge in [0.2, 0.25) is 0 Å². The Morgan fingerprint density at radius 1 is 1.82 bits per heavy atom. The number of nitrogens with one attached hydrogen (secondary N) is 1. The second-order valence-corrected chi connectivity index (χ2v) is 3.54. The van der Waals surface area contributed by atoms with Gasteiger partial charge in [-0.25, -0.2) is 0 Å². The average Bonchev–Trinajstić information content (AvgIpc) is 2.07. The van der Waals surface area contributed by atoms with Crippen molar-refractivity contribution in [1.82, 2.24) is 5.32 Å². The minimum atomic E-state index is 0.260. The highest BCUT2D eigenvalue weighted by Crippen LogP contribution is 2.15. The van der Waals surface area contributed by atoms with Crippen LogP contribution < -0.4 is 5.32 Å². The molecule has 1 heterocycles. The Balaban J connectivity index is 2.31. The van der Waals surface area contributed by atoms with Crippen LogP contribution in [0.1, 0.15) is 6.92 Å². The maximum atomic E-state index is 8.80. The standard InChI is InChI=1S/C7H14N2OS/c1-2-8-7-9-3-6(4-10)5-11-7/h6,10H,2-5H2,1H3,(H,8,9). The van der Waals surface area contributed by atoms with Crippen molar-refractivity contribution in [2.75, 3.05) is 25.4 Å². The van der Waals surface area contributed by atoms with Crippen molar-refractivity contribution in [3.63, 3.8) is 0 Å². The largest absolute Gasteiger partial charge is 0.396 e. The molecule has 0 aromatic rings. The van der Waals surface area contributed by atoms with E-state index in [-0.39, 0.29) is 6.61 Å². The van der Waals surface area contributed by atoms with Gasteiger partial charge in [0.25, 0.3) is 0 Å². The first kappa shape index (κ1) is 8.87. The van der Waals surface area contributed by atoms with E-state index in [1.165, 1.54) is 0 Å². The van der Waals surface area contributed by atoms with Crippen molar-refractivity contribution in [3.05, 3.63) is 0 Å². The van der Waals surface area contributed by atoms with Gasteiger partial charge in [0.05, 0.1) is 0 Å². The Morgan fingerprint density at radius 2 is 2.64 bits per heavy atom. The summed E-state index contributed by atoms with van der Waals surface area (Å²) in [6, 6.07) is 0. The second-order valence-electron chi connectivity index (χ2n) is 2.54. The van der Waals surface area contributed by atoms with Crippen molar-refractivity contribution in [2.24, 2.45) is 10.9 Å². The van der Waals surface area contributed by atoms with Gasteiger partial charge in [-0.15, -0.1) is 0 Å². The van der Waals surface area contributed by atoms with Crippen LogP contribution in [0.2, 0.25) is 0 Å². The molecule has 2 N–H and O–H groups in total. The highest BCUT2D eigenvalue weighted by atomic mass is 32.2. The second kappa shape index (κ2) is 4.62. The molecular formula is C7H14N2OS. The van der Waals surface area contributed by atoms with Crippen LogP contribution in [0, 0.1) is 5.92 Å². The molecule has 1 rings (SSSR count). The van der Waals surface area contributed by atoms with E-state index in [9.17, 15) is 0 Å². The summed E-state index contributed by atoms with van der Waals surface area (Å²) in [7, 11) is 0. The van der Waals surface area contributed by atoms with Crippen LogP contribution in [0.4, 0.5) is 0 Å². The van der Waals surface area contributed by atoms with Gasteiger partial charge in [0.15, 0.2) is 5.17 Å². The van der Waals surface area contributed by atoms with Crippen LogP contribution in [0.3, 0.4) is 0 Å². The average molecular weight is 174 g/mol. The summed E-state index contributed by atoms with van der Waals surface area (Å²) in [5.41, 5.74) is 0. The van der Waals surface area contributed by atoms with Crippen molar-refractivity contribution < 1.29 is 5.11 Å². The molecule has 4 heteroatoms. The van der Waals surface area contributed by atoms with Crippen molar-refractivity contribution >= 4 is 16.9 Å². The van der Waals surface area contributed by atoms with Gasteiger partial charge in [-0.1, -0.05) is 11.8 Å². The van der Waals surface area contributed by atoms with E-state index < -0.39 is 0 Å². The molecule has 0 bridgehead atoms. The lowest BCUT2D eigenvalue weighted by Crippen LogP contribution is -2.27. The topological polar surface area (TPSA) is 44.6 Å². The highest BCUT2D eigenvalue weighted by Gasteiger charge is 2.14. The number of thioether (sulfide) groups is 1. The van der Waals surface area contributed by atoms with Crippen LogP contribution in [0.15, 0.2) is 4.99 Å². The molecule has 0 saturated carbocycles. The lowest BCUT2D eigenvalue weighted by atomic mass is 10.2. The molecule has 3 nitrogen and oxygen atoms in total. The van der Waals surface area contributed by atoms with E-state index in [0.717, 1.165) is 24.0 Å². The summed E-state index contributed by atoms with van der Waals surface area (Å²) in [4.78, 5) is 4.28. The van der Waals surface area contributed by atoms with Crippen LogP contribution in [-0.2, 0) is 0 Å². The van der Waals surface area contributed by atoms with E-state index >= 15 is 0 Å². The van der Waals surface area contributed by atoms with Gasteiger partial charge in [-0.2, -0.15) is 0 Å². The molecule has 0 aliphatic carbocycles. The maximum Gasteiger partial charge on any atom is 0.156 e. The number of aliphatic imine (C=N–C) groups is 1. The molecule has 1 aliphatic rings. The zero-order valence-electron chi connectivity index (χ0n) is 6.71. The van der Waals surface area contributed by atoms with Crippen molar-refractivity contribution in [3.8, 4) is 0 Å². The quantitative estimate of drug-likeness (QED) is 0.633. The van der Waals surface area contributed by atoms with Gasteiger partial charge in [0, 0.05) is 31.4 Å². The van der Waals surface area contributed by atoms with Crippen LogP contribution in [0.25, 0.3) is 0 Å². The van der Waals surface area contributed by atoms with E-state index in [1.54, 1.807) is 11.8 Å². The number of amidine groups is 1. The Bertz CT molecular complexity index is 149. The van der Waals surface area contributed by atoms with E-state index in [0.29, 0.717) is 5.92 Å². The molecule has 0 spiro atoms. The van der Waals surface area contributed by atoms with E-state index in [4.69, 9.17) is 5.11 Å². The number of aliphatic hydroxyl groups is 1. The normalized spacial score (nSPS) is 24.5. The number of hydrogen-bond donors (Lipinski definition) is 2. The van der Waals surface area contributed by atoms with Gasteiger partial charge in [-0.05, 0) is 6.92 Å². The fraction of sp³-hybridized carbons (Fsp3) is 0.857. The third-order valence-corrected chi connectivity index (χ3v) is 2.72. The minimum Gasteiger partial charge on any atom is -0.396 e. The fourth-order valence-electron chi connectivity index (χ4n) is 0.876. The fourth-order valence-corrected chi connectivity index (χ4v) is 1.89. The van der Waals surface area contributed by atoms with Crippen LogP contribution in [0.5, 0.6) is 0 Å². The Labute approximate surface area is 71.3 Å². The molecular weight excluding hydrogens is 160 g/mol. The van der Waals surface area contributed by atoms with Crippen molar-refractivity contribution in [2.45, 2.75) is 6.92 Å². The Kier molecular flexibility index (Phi) is 3.72. The zero-order valence-corrected chi connectivity index (χ0v) is 7.52. The molecule has 1 atom stereocenters. The molecule has 0 aromatic carbocycles. The summed E-state index contributed by atoms with van der Waals surface area (Å²) >= 11 is 1.70. The number of nitrogens with zero attached hydrogens (tertiary/aromatic N) is 1. The summed E-state index contributed by atoms with van der Waals surface area (Å²) in [6.07, 6.45) is 0. The first-order valence-corrected chi connectivity index (χ1v) is 4.87. The van der Waals surface area contributed by atoms with Gasteiger partial charge in [-0.3, -0.25) is 4.99 Å². The third-order valence-electron chi connectivity index (χ3n) is 1.54. The smallest absolute Gasteiger partial charge is 0.156 e. The van der Waals surface area contributed by atoms with E-state index in [1.807, 2.05) is 0 Å². The Morgan fingerprint density at radius 3 is 3.09 bits per heavy atom. The lowest BCUT2D eigenvalue weighted by molar-refractivity contribution is 0.244. The monoisotopic (exact) mass is 174 g/mol. The zero-order chi connectivity index (χ0) is 8.10. The predicted molar refractivity (Wildman–Crippen MR) is 49.0 cm³/mol. The molecule has 11 heavy (non-hydrogen) atoms. The highest BCUT2D eigenvalue weighted by molar-refractivity contribution is 8.13. The summed E-state index contributed by atoms with van der Waals surface area (Å²) in [5.74, 6) is 1.35. The third kappa shape index (κ3) is 2.71. The summed E-state index contributed by atoms with van der Waals surface area (Å²) in [6.45, 7) is 4.01. The molecule has 1 unspecified atom stereocenters. The molecule has 1 aliphatic heterocycles. The molecule has 0 fully saturated rings. The SMILES string of the molecule is CCNC1=NCC(CO)CS1. The lowest BCUT2D eigenvalue weighted by Gasteiger charge is -2.18. The first-order valence-electron chi connectivity index (χ1n) is 3.88. The molecule has 0 saturated heterocycles. The van der Waals surface area contributed by atoms with Gasteiger partial charge >= 0.3 is 0 Å². The predicted octanol–water partition coefficient (Wildman–Crippen LogP) is 0.307. The molecule has 0 radical (unpaired) electrons. The summed E-state index contributed by atoms with van der Waals surface area (Å²) in [5, 5.41) is 13.0. The molecule has 64 valence electrons. The first-order chi connectivity index (χ1) is 5.36. The minimum absolute atomic E-state index is 0.260. The van der Waals surface area contributed by atoms with Gasteiger partial charge in [0.1, 0.15) is 0 Å². The van der Waals surface area contributed by atoms with Crippen molar-refractivity contribution in [1.29, 1.82) is 0 Å². The van der Waals surface area contributed by atoms with E-state index in [2.05, 4.69) is 17.2 Å². The van der Waals surface area contributed by atoms with Crippen LogP contribution in [-0.4, -0.2) is 35.7 Å². The van der Waals surface area contributed by atoms with Crippen LogP contribution >= 0.6 is 11.8 Å². The molecule has 0 aromatic heterocycles. The maximum absolute atomic E-state index is 8.80. The Hall–Kier alpha value is -0.220. The number of aliphatic hydroxyl groups excluding tert-OH is 1.